The topological polar surface area (TPSA) is 46.1 Å². The van der Waals surface area contributed by atoms with Crippen LogP contribution in [-0.4, -0.2) is 33.1 Å². The molecular weight excluding hydrogens is 369 g/mol. The van der Waals surface area contributed by atoms with Crippen molar-refractivity contribution in [2.75, 3.05) is 7.05 Å². The predicted molar refractivity (Wildman–Crippen MR) is 105 cm³/mol. The molecule has 0 spiro atoms. The fourth-order valence-corrected chi connectivity index (χ4v) is 4.67. The molecular formula is C19H20FN3OS2. The molecule has 0 bridgehead atoms. The Kier molecular flexibility index (Phi) is 5.88. The number of carbonyl (C=O) groups excluding carboxylic acids is 1. The van der Waals surface area contributed by atoms with Gasteiger partial charge in [-0.15, -0.1) is 11.3 Å². The second kappa shape index (κ2) is 8.14. The molecule has 2 aromatic heterocycles. The highest BCUT2D eigenvalue weighted by Gasteiger charge is 2.21. The van der Waals surface area contributed by atoms with E-state index in [0.717, 1.165) is 27.2 Å². The summed E-state index contributed by atoms with van der Waals surface area (Å²) in [6.07, 6.45) is 2.50. The lowest BCUT2D eigenvalue weighted by atomic mass is 10.2. The van der Waals surface area contributed by atoms with Crippen molar-refractivity contribution in [3.8, 4) is 0 Å². The van der Waals surface area contributed by atoms with Gasteiger partial charge in [0.05, 0.1) is 5.25 Å². The number of thioether (sulfide) groups is 1. The molecule has 7 heteroatoms. The van der Waals surface area contributed by atoms with Crippen LogP contribution in [0.3, 0.4) is 0 Å². The SMILES string of the molecule is CCc1cc2c(S[C@@H](C)C(=O)N(C)Cc3cccc(F)c3)ncnc2s1. The van der Waals surface area contributed by atoms with Crippen molar-refractivity contribution in [1.29, 1.82) is 0 Å². The van der Waals surface area contributed by atoms with Gasteiger partial charge in [-0.2, -0.15) is 0 Å². The largest absolute Gasteiger partial charge is 0.340 e. The van der Waals surface area contributed by atoms with Gasteiger partial charge in [0.1, 0.15) is 22.0 Å². The lowest BCUT2D eigenvalue weighted by Crippen LogP contribution is -2.32. The van der Waals surface area contributed by atoms with Crippen LogP contribution in [0.25, 0.3) is 10.2 Å². The minimum atomic E-state index is -0.295. The molecule has 0 saturated heterocycles. The van der Waals surface area contributed by atoms with Crippen LogP contribution < -0.4 is 0 Å². The fraction of sp³-hybridized carbons (Fsp3) is 0.316. The summed E-state index contributed by atoms with van der Waals surface area (Å²) in [7, 11) is 1.74. The molecule has 3 rings (SSSR count). The van der Waals surface area contributed by atoms with E-state index >= 15 is 0 Å². The van der Waals surface area contributed by atoms with Crippen molar-refractivity contribution in [3.63, 3.8) is 0 Å². The zero-order valence-electron chi connectivity index (χ0n) is 14.9. The standard InChI is InChI=1S/C19H20FN3OS2/c1-4-15-9-16-17(21-11-22-18(16)26-15)25-12(2)19(24)23(3)10-13-6-5-7-14(20)8-13/h5-9,11-12H,4,10H2,1-3H3/t12-/m0/s1. The summed E-state index contributed by atoms with van der Waals surface area (Å²) in [5.74, 6) is -0.310. The van der Waals surface area contributed by atoms with Crippen molar-refractivity contribution in [3.05, 3.63) is 52.9 Å². The van der Waals surface area contributed by atoms with E-state index in [0.29, 0.717) is 6.54 Å². The first-order chi connectivity index (χ1) is 12.5. The first-order valence-corrected chi connectivity index (χ1v) is 10.1. The van der Waals surface area contributed by atoms with E-state index in [2.05, 4.69) is 23.0 Å². The molecule has 0 aliphatic carbocycles. The van der Waals surface area contributed by atoms with Crippen LogP contribution in [0.5, 0.6) is 0 Å². The number of carbonyl (C=O) groups is 1. The summed E-state index contributed by atoms with van der Waals surface area (Å²) in [6.45, 7) is 4.35. The second-order valence-corrected chi connectivity index (χ2v) is 8.49. The van der Waals surface area contributed by atoms with E-state index in [1.807, 2.05) is 13.0 Å². The molecule has 0 aliphatic heterocycles. The number of aryl methyl sites for hydroxylation is 1. The normalized spacial score (nSPS) is 12.3. The Hall–Kier alpha value is -1.99. The summed E-state index contributed by atoms with van der Waals surface area (Å²) in [5.41, 5.74) is 0.771. The molecule has 3 aromatic rings. The van der Waals surface area contributed by atoms with Crippen LogP contribution in [0, 0.1) is 5.82 Å². The van der Waals surface area contributed by atoms with Gasteiger partial charge < -0.3 is 4.90 Å². The lowest BCUT2D eigenvalue weighted by Gasteiger charge is -2.21. The van der Waals surface area contributed by atoms with Crippen LogP contribution in [0.1, 0.15) is 24.3 Å². The fourth-order valence-electron chi connectivity index (χ4n) is 2.67. The third-order valence-electron chi connectivity index (χ3n) is 4.01. The maximum absolute atomic E-state index is 13.3. The van der Waals surface area contributed by atoms with Crippen molar-refractivity contribution < 1.29 is 9.18 Å². The number of thiophene rings is 1. The van der Waals surface area contributed by atoms with Gasteiger partial charge in [-0.25, -0.2) is 14.4 Å². The van der Waals surface area contributed by atoms with Crippen LogP contribution in [0.4, 0.5) is 4.39 Å². The third-order valence-corrected chi connectivity index (χ3v) is 6.30. The zero-order chi connectivity index (χ0) is 18.7. The van der Waals surface area contributed by atoms with Gasteiger partial charge in [-0.05, 0) is 37.1 Å². The number of rotatable bonds is 6. The van der Waals surface area contributed by atoms with Gasteiger partial charge >= 0.3 is 0 Å². The minimum absolute atomic E-state index is 0.0167. The van der Waals surface area contributed by atoms with Gasteiger partial charge in [0.2, 0.25) is 5.91 Å². The molecule has 1 amide bonds. The van der Waals surface area contributed by atoms with Gasteiger partial charge in [0.25, 0.3) is 0 Å². The molecule has 2 heterocycles. The molecule has 0 unspecified atom stereocenters. The van der Waals surface area contributed by atoms with E-state index in [9.17, 15) is 9.18 Å². The number of fused-ring (bicyclic) bond motifs is 1. The Morgan fingerprint density at radius 2 is 2.15 bits per heavy atom. The van der Waals surface area contributed by atoms with E-state index in [-0.39, 0.29) is 17.0 Å². The minimum Gasteiger partial charge on any atom is -0.340 e. The maximum atomic E-state index is 13.3. The van der Waals surface area contributed by atoms with Gasteiger partial charge in [0, 0.05) is 23.9 Å². The Morgan fingerprint density at radius 3 is 2.88 bits per heavy atom. The summed E-state index contributed by atoms with van der Waals surface area (Å²) in [4.78, 5) is 25.2. The quantitative estimate of drug-likeness (QED) is 0.459. The van der Waals surface area contributed by atoms with E-state index < -0.39 is 0 Å². The van der Waals surface area contributed by atoms with Gasteiger partial charge in [-0.1, -0.05) is 30.8 Å². The van der Waals surface area contributed by atoms with Crippen LogP contribution in [-0.2, 0) is 17.8 Å². The van der Waals surface area contributed by atoms with Crippen molar-refractivity contribution in [1.82, 2.24) is 14.9 Å². The number of amides is 1. The molecule has 0 saturated carbocycles. The third kappa shape index (κ3) is 4.22. The van der Waals surface area contributed by atoms with E-state index in [1.165, 1.54) is 28.8 Å². The Bertz CT molecular complexity index is 928. The molecule has 0 aliphatic rings. The lowest BCUT2D eigenvalue weighted by molar-refractivity contribution is -0.129. The van der Waals surface area contributed by atoms with E-state index in [1.54, 1.807) is 35.7 Å². The highest BCUT2D eigenvalue weighted by atomic mass is 32.2. The first kappa shape index (κ1) is 18.8. The van der Waals surface area contributed by atoms with Gasteiger partial charge in [0.15, 0.2) is 0 Å². The van der Waals surface area contributed by atoms with Crippen LogP contribution in [0.2, 0.25) is 0 Å². The molecule has 136 valence electrons. The summed E-state index contributed by atoms with van der Waals surface area (Å²) >= 11 is 3.10. The predicted octanol–water partition coefficient (Wildman–Crippen LogP) is 4.53. The van der Waals surface area contributed by atoms with Crippen LogP contribution >= 0.6 is 23.1 Å². The summed E-state index contributed by atoms with van der Waals surface area (Å²) in [5, 5.41) is 1.54. The number of benzene rings is 1. The summed E-state index contributed by atoms with van der Waals surface area (Å²) in [6, 6.07) is 8.43. The Balaban J connectivity index is 1.72. The Labute approximate surface area is 160 Å². The molecule has 0 radical (unpaired) electrons. The Morgan fingerprint density at radius 1 is 1.35 bits per heavy atom. The van der Waals surface area contributed by atoms with Gasteiger partial charge in [-0.3, -0.25) is 4.79 Å². The summed E-state index contributed by atoms with van der Waals surface area (Å²) < 4.78 is 13.3. The molecule has 26 heavy (non-hydrogen) atoms. The van der Waals surface area contributed by atoms with Crippen LogP contribution in [0.15, 0.2) is 41.7 Å². The van der Waals surface area contributed by atoms with Crippen molar-refractivity contribution in [2.45, 2.75) is 37.1 Å². The molecule has 1 atom stereocenters. The molecule has 4 nitrogen and oxygen atoms in total. The highest BCUT2D eigenvalue weighted by Crippen LogP contribution is 2.33. The van der Waals surface area contributed by atoms with Crippen molar-refractivity contribution in [2.24, 2.45) is 0 Å². The molecule has 0 N–H and O–H groups in total. The molecule has 0 fully saturated rings. The average Bonchev–Trinajstić information content (AvgIpc) is 3.05. The number of aromatic nitrogens is 2. The van der Waals surface area contributed by atoms with E-state index in [4.69, 9.17) is 0 Å². The maximum Gasteiger partial charge on any atom is 0.235 e. The number of halogens is 1. The molecule has 1 aromatic carbocycles. The number of nitrogens with zero attached hydrogens (tertiary/aromatic N) is 3. The number of hydrogen-bond acceptors (Lipinski definition) is 5. The van der Waals surface area contributed by atoms with Crippen molar-refractivity contribution >= 4 is 39.2 Å². The monoisotopic (exact) mass is 389 g/mol. The second-order valence-electron chi connectivity index (χ2n) is 6.05. The smallest absolute Gasteiger partial charge is 0.235 e. The zero-order valence-corrected chi connectivity index (χ0v) is 16.5. The highest BCUT2D eigenvalue weighted by molar-refractivity contribution is 8.00. The average molecular weight is 390 g/mol. The number of hydrogen-bond donors (Lipinski definition) is 0. The first-order valence-electron chi connectivity index (χ1n) is 8.37.